The third-order valence-electron chi connectivity index (χ3n) is 9.04. The number of fused-ring (bicyclic) bond motifs is 5. The van der Waals surface area contributed by atoms with Gasteiger partial charge in [-0.05, 0) is 71.8 Å². The van der Waals surface area contributed by atoms with Crippen molar-refractivity contribution in [1.29, 1.82) is 0 Å². The van der Waals surface area contributed by atoms with Gasteiger partial charge in [0.2, 0.25) is 5.70 Å². The van der Waals surface area contributed by atoms with E-state index in [2.05, 4.69) is 50.3 Å². The highest BCUT2D eigenvalue weighted by Gasteiger charge is 2.59. The Hall–Kier alpha value is -1.94. The molecule has 0 amide bonds. The molecule has 0 radical (unpaired) electrons. The van der Waals surface area contributed by atoms with Gasteiger partial charge in [0.25, 0.3) is 0 Å². The van der Waals surface area contributed by atoms with E-state index in [4.69, 9.17) is 0 Å². The van der Waals surface area contributed by atoms with Gasteiger partial charge in [0.1, 0.15) is 0 Å². The first kappa shape index (κ1) is 19.0. The molecule has 6 atom stereocenters. The minimum atomic E-state index is -0.420. The Morgan fingerprint density at radius 3 is 2.48 bits per heavy atom. The maximum absolute atomic E-state index is 12.0. The number of nitrogens with zero attached hydrogens (tertiary/aromatic N) is 1. The van der Waals surface area contributed by atoms with Gasteiger partial charge < -0.3 is 5.11 Å². The van der Waals surface area contributed by atoms with E-state index in [0.717, 1.165) is 37.7 Å². The van der Waals surface area contributed by atoms with E-state index >= 15 is 0 Å². The fourth-order valence-electron chi connectivity index (χ4n) is 7.57. The quantitative estimate of drug-likeness (QED) is 0.525. The van der Waals surface area contributed by atoms with E-state index in [1.54, 1.807) is 0 Å². The van der Waals surface area contributed by atoms with E-state index in [0.29, 0.717) is 36.3 Å². The molecule has 4 nitrogen and oxygen atoms in total. The summed E-state index contributed by atoms with van der Waals surface area (Å²) in [6.45, 7) is 4.66. The highest BCUT2D eigenvalue weighted by Crippen LogP contribution is 2.67. The Morgan fingerprint density at radius 1 is 1.03 bits per heavy atom. The van der Waals surface area contributed by atoms with Crippen LogP contribution in [0.3, 0.4) is 0 Å². The molecule has 1 aromatic carbocycles. The summed E-state index contributed by atoms with van der Waals surface area (Å²) in [5.74, 6) is 1.32. The maximum atomic E-state index is 12.0. The molecule has 1 aromatic rings. The number of rotatable bonds is 2. The number of benzene rings is 1. The van der Waals surface area contributed by atoms with Crippen LogP contribution in [0, 0.1) is 38.7 Å². The van der Waals surface area contributed by atoms with Crippen LogP contribution >= 0.6 is 0 Å². The Balaban J connectivity index is 1.54. The molecule has 5 rings (SSSR count). The second kappa shape index (κ2) is 6.53. The Morgan fingerprint density at radius 2 is 1.76 bits per heavy atom. The zero-order valence-corrected chi connectivity index (χ0v) is 17.4. The number of allylic oxidation sites excluding steroid dienone is 3. The van der Waals surface area contributed by atoms with Crippen LogP contribution in [0.4, 0.5) is 0 Å². The van der Waals surface area contributed by atoms with Gasteiger partial charge >= 0.3 is 0 Å². The van der Waals surface area contributed by atoms with Crippen molar-refractivity contribution in [1.82, 2.24) is 0 Å². The summed E-state index contributed by atoms with van der Waals surface area (Å²) < 4.78 is 0. The minimum Gasteiger partial charge on any atom is -0.393 e. The molecule has 0 aliphatic heterocycles. The molecule has 4 aliphatic rings. The lowest BCUT2D eigenvalue weighted by molar-refractivity contribution is -0.434. The summed E-state index contributed by atoms with van der Waals surface area (Å²) in [4.78, 5) is 11.9. The Kier molecular flexibility index (Phi) is 4.29. The molecule has 1 N–H and O–H groups in total. The largest absolute Gasteiger partial charge is 0.393 e. The molecule has 2 fully saturated rings. The molecule has 4 aliphatic carbocycles. The van der Waals surface area contributed by atoms with Crippen LogP contribution in [-0.4, -0.2) is 16.1 Å². The van der Waals surface area contributed by atoms with Crippen LogP contribution in [0.5, 0.6) is 0 Å². The van der Waals surface area contributed by atoms with Gasteiger partial charge in [0.05, 0.1) is 11.0 Å². The standard InChI is InChI=1S/C25H31NO3/c1-24-13-11-21-18(20(24)9-8-19(24)16-6-4-3-5-7-16)15-23(26(28)29)22-14-17(27)10-12-25(21,22)2/h3-8,17-18,20-21,27H,9-15H2,1-2H3/t17-,18-,20-,21-,24+,25+/m0/s1. The minimum absolute atomic E-state index is 0.103. The zero-order chi connectivity index (χ0) is 20.4. The molecule has 0 bridgehead atoms. The van der Waals surface area contributed by atoms with Gasteiger partial charge in [-0.1, -0.05) is 50.3 Å². The molecule has 4 heteroatoms. The van der Waals surface area contributed by atoms with Gasteiger partial charge in [0, 0.05) is 18.4 Å². The lowest BCUT2D eigenvalue weighted by atomic mass is 9.46. The van der Waals surface area contributed by atoms with E-state index in [-0.39, 0.29) is 15.8 Å². The average Bonchev–Trinajstić information content (AvgIpc) is 3.06. The lowest BCUT2D eigenvalue weighted by Gasteiger charge is -2.57. The van der Waals surface area contributed by atoms with Gasteiger partial charge in [-0.25, -0.2) is 0 Å². The smallest absolute Gasteiger partial charge is 0.246 e. The van der Waals surface area contributed by atoms with Crippen LogP contribution in [0.25, 0.3) is 5.57 Å². The number of hydrogen-bond donors (Lipinski definition) is 1. The van der Waals surface area contributed by atoms with Crippen LogP contribution in [0.2, 0.25) is 0 Å². The van der Waals surface area contributed by atoms with Crippen LogP contribution in [0.1, 0.15) is 64.4 Å². The molecular weight excluding hydrogens is 362 g/mol. The van der Waals surface area contributed by atoms with Gasteiger partial charge in [-0.3, -0.25) is 10.1 Å². The van der Waals surface area contributed by atoms with Crippen molar-refractivity contribution in [2.24, 2.45) is 28.6 Å². The monoisotopic (exact) mass is 393 g/mol. The predicted octanol–water partition coefficient (Wildman–Crippen LogP) is 5.61. The van der Waals surface area contributed by atoms with Crippen LogP contribution < -0.4 is 0 Å². The number of aliphatic hydroxyl groups is 1. The molecule has 0 unspecified atom stereocenters. The van der Waals surface area contributed by atoms with Crippen LogP contribution in [0.15, 0.2) is 47.7 Å². The van der Waals surface area contributed by atoms with E-state index in [1.165, 1.54) is 11.1 Å². The number of aliphatic hydroxyl groups excluding tert-OH is 1. The van der Waals surface area contributed by atoms with E-state index < -0.39 is 6.10 Å². The first-order valence-corrected chi connectivity index (χ1v) is 11.2. The first-order valence-electron chi connectivity index (χ1n) is 11.2. The molecule has 0 saturated heterocycles. The molecular formula is C25H31NO3. The van der Waals surface area contributed by atoms with Crippen molar-refractivity contribution in [2.75, 3.05) is 0 Å². The van der Waals surface area contributed by atoms with Crippen molar-refractivity contribution < 1.29 is 10.0 Å². The summed E-state index contributed by atoms with van der Waals surface area (Å²) in [5.41, 5.74) is 4.12. The molecule has 0 heterocycles. The van der Waals surface area contributed by atoms with Crippen molar-refractivity contribution in [3.8, 4) is 0 Å². The normalized spacial score (nSPS) is 41.3. The first-order chi connectivity index (χ1) is 13.8. The van der Waals surface area contributed by atoms with Gasteiger partial charge in [0.15, 0.2) is 0 Å². The molecule has 2 saturated carbocycles. The SMILES string of the molecule is C[C@]12CC[C@H](O)CC1=C([N+](=O)[O-])C[C@@H]1[C@@H]2CC[C@]2(C)C(c3ccccc3)=CC[C@@H]12. The van der Waals surface area contributed by atoms with Crippen LogP contribution in [-0.2, 0) is 0 Å². The highest BCUT2D eigenvalue weighted by molar-refractivity contribution is 5.73. The summed E-state index contributed by atoms with van der Waals surface area (Å²) in [7, 11) is 0. The van der Waals surface area contributed by atoms with Crippen molar-refractivity contribution in [3.63, 3.8) is 0 Å². The average molecular weight is 394 g/mol. The topological polar surface area (TPSA) is 63.4 Å². The molecule has 0 aromatic heterocycles. The van der Waals surface area contributed by atoms with Crippen molar-refractivity contribution in [3.05, 3.63) is 63.4 Å². The molecule has 29 heavy (non-hydrogen) atoms. The fraction of sp³-hybridized carbons (Fsp3) is 0.600. The summed E-state index contributed by atoms with van der Waals surface area (Å²) in [5, 5.41) is 22.3. The highest BCUT2D eigenvalue weighted by atomic mass is 16.6. The van der Waals surface area contributed by atoms with Gasteiger partial charge in [-0.2, -0.15) is 0 Å². The van der Waals surface area contributed by atoms with Crippen molar-refractivity contribution in [2.45, 2.75) is 64.9 Å². The van der Waals surface area contributed by atoms with E-state index in [1.807, 2.05) is 0 Å². The summed E-state index contributed by atoms with van der Waals surface area (Å²) in [6, 6.07) is 10.7. The fourth-order valence-corrected chi connectivity index (χ4v) is 7.57. The summed E-state index contributed by atoms with van der Waals surface area (Å²) >= 11 is 0. The molecule has 0 spiro atoms. The second-order valence-corrected chi connectivity index (χ2v) is 10.3. The maximum Gasteiger partial charge on any atom is 0.246 e. The zero-order valence-electron chi connectivity index (χ0n) is 17.4. The Labute approximate surface area is 172 Å². The van der Waals surface area contributed by atoms with Crippen molar-refractivity contribution >= 4 is 5.57 Å². The predicted molar refractivity (Wildman–Crippen MR) is 113 cm³/mol. The Bertz CT molecular complexity index is 904. The second-order valence-electron chi connectivity index (χ2n) is 10.3. The lowest BCUT2D eigenvalue weighted by Crippen LogP contribution is -2.51. The van der Waals surface area contributed by atoms with Gasteiger partial charge in [-0.15, -0.1) is 0 Å². The number of hydrogen-bond acceptors (Lipinski definition) is 3. The number of nitro groups is 1. The third-order valence-corrected chi connectivity index (χ3v) is 9.04. The van der Waals surface area contributed by atoms with E-state index in [9.17, 15) is 15.2 Å². The molecule has 154 valence electrons. The summed E-state index contributed by atoms with van der Waals surface area (Å²) in [6.07, 6.45) is 8.02. The third kappa shape index (κ3) is 2.68.